The van der Waals surface area contributed by atoms with Crippen LogP contribution in [-0.4, -0.2) is 16.0 Å². The Labute approximate surface area is 151 Å². The van der Waals surface area contributed by atoms with Crippen molar-refractivity contribution in [2.45, 2.75) is 49.1 Å². The first-order valence-electron chi connectivity index (χ1n) is 7.75. The van der Waals surface area contributed by atoms with Crippen LogP contribution in [0.5, 0.6) is 0 Å². The lowest BCUT2D eigenvalue weighted by Gasteiger charge is -2.14. The fourth-order valence-electron chi connectivity index (χ4n) is 2.85. The van der Waals surface area contributed by atoms with Crippen molar-refractivity contribution in [2.75, 3.05) is 5.32 Å². The van der Waals surface area contributed by atoms with Gasteiger partial charge in [0.1, 0.15) is 10.8 Å². The van der Waals surface area contributed by atoms with Crippen LogP contribution in [-0.2, 0) is 0 Å². The fourth-order valence-corrected chi connectivity index (χ4v) is 4.18. The highest BCUT2D eigenvalue weighted by Crippen LogP contribution is 2.37. The average Bonchev–Trinajstić information content (AvgIpc) is 2.91. The van der Waals surface area contributed by atoms with E-state index in [1.165, 1.54) is 31.0 Å². The average molecular weight is 368 g/mol. The number of nitrogens with zero attached hydrogens (tertiary/aromatic N) is 2. The van der Waals surface area contributed by atoms with E-state index < -0.39 is 0 Å². The Kier molecular flexibility index (Phi) is 5.34. The van der Waals surface area contributed by atoms with E-state index in [9.17, 15) is 0 Å². The Bertz CT molecular complexity index is 708. The standard InChI is InChI=1S/C17H19Cl2N3S/c1-10-6-7-12(8-10)22-15-9-20-17(11(2)21-15)23-14-5-3-4-13(18)16(14)19/h3-5,9-10,12H,6-8H2,1-2H3,(H,21,22)/t10-,12-/m1/s1. The molecule has 1 fully saturated rings. The van der Waals surface area contributed by atoms with Gasteiger partial charge in [-0.05, 0) is 44.2 Å². The fraction of sp³-hybridized carbons (Fsp3) is 0.412. The summed E-state index contributed by atoms with van der Waals surface area (Å²) >= 11 is 13.8. The molecule has 0 aliphatic heterocycles. The number of rotatable bonds is 4. The molecule has 1 aromatic heterocycles. The number of halogens is 2. The number of aromatic nitrogens is 2. The van der Waals surface area contributed by atoms with Gasteiger partial charge in [-0.25, -0.2) is 9.97 Å². The molecule has 1 aliphatic rings. The van der Waals surface area contributed by atoms with Gasteiger partial charge in [0.15, 0.2) is 0 Å². The molecule has 0 saturated heterocycles. The quantitative estimate of drug-likeness (QED) is 0.735. The first-order valence-corrected chi connectivity index (χ1v) is 9.32. The highest BCUT2D eigenvalue weighted by atomic mass is 35.5. The minimum Gasteiger partial charge on any atom is -0.366 e. The number of benzene rings is 1. The largest absolute Gasteiger partial charge is 0.366 e. The molecule has 122 valence electrons. The summed E-state index contributed by atoms with van der Waals surface area (Å²) in [5.74, 6) is 1.64. The van der Waals surface area contributed by atoms with E-state index in [1.54, 1.807) is 12.3 Å². The highest BCUT2D eigenvalue weighted by Gasteiger charge is 2.21. The minimum absolute atomic E-state index is 0.513. The number of nitrogens with one attached hydrogen (secondary N) is 1. The molecule has 2 aromatic rings. The monoisotopic (exact) mass is 367 g/mol. The molecule has 0 bridgehead atoms. The zero-order valence-corrected chi connectivity index (χ0v) is 15.5. The van der Waals surface area contributed by atoms with Crippen LogP contribution in [0.1, 0.15) is 31.9 Å². The third-order valence-electron chi connectivity index (χ3n) is 4.07. The summed E-state index contributed by atoms with van der Waals surface area (Å²) in [4.78, 5) is 10.1. The lowest BCUT2D eigenvalue weighted by Crippen LogP contribution is -2.16. The smallest absolute Gasteiger partial charge is 0.145 e. The van der Waals surface area contributed by atoms with Crippen LogP contribution in [0.15, 0.2) is 34.3 Å². The van der Waals surface area contributed by atoms with Crippen LogP contribution < -0.4 is 5.32 Å². The second-order valence-electron chi connectivity index (χ2n) is 6.06. The highest BCUT2D eigenvalue weighted by molar-refractivity contribution is 7.99. The molecule has 1 aliphatic carbocycles. The van der Waals surface area contributed by atoms with E-state index in [4.69, 9.17) is 23.2 Å². The van der Waals surface area contributed by atoms with Gasteiger partial charge in [-0.3, -0.25) is 0 Å². The third-order valence-corrected chi connectivity index (χ3v) is 6.16. The van der Waals surface area contributed by atoms with E-state index in [2.05, 4.69) is 22.2 Å². The molecule has 3 rings (SSSR count). The maximum atomic E-state index is 6.24. The van der Waals surface area contributed by atoms with Crippen molar-refractivity contribution in [1.29, 1.82) is 0 Å². The van der Waals surface area contributed by atoms with Crippen LogP contribution in [0.25, 0.3) is 0 Å². The first kappa shape index (κ1) is 16.9. The zero-order valence-electron chi connectivity index (χ0n) is 13.1. The van der Waals surface area contributed by atoms with Crippen molar-refractivity contribution in [2.24, 2.45) is 5.92 Å². The van der Waals surface area contributed by atoms with Gasteiger partial charge in [-0.2, -0.15) is 0 Å². The van der Waals surface area contributed by atoms with Gasteiger partial charge in [-0.15, -0.1) is 0 Å². The van der Waals surface area contributed by atoms with Gasteiger partial charge in [0.2, 0.25) is 0 Å². The summed E-state index contributed by atoms with van der Waals surface area (Å²) in [6.07, 6.45) is 5.49. The molecule has 23 heavy (non-hydrogen) atoms. The zero-order chi connectivity index (χ0) is 16.4. The summed E-state index contributed by atoms with van der Waals surface area (Å²) in [6, 6.07) is 6.12. The Hall–Kier alpha value is -0.970. The molecule has 2 atom stereocenters. The van der Waals surface area contributed by atoms with Gasteiger partial charge in [0, 0.05) is 10.9 Å². The molecular formula is C17H19Cl2N3S. The van der Waals surface area contributed by atoms with Gasteiger partial charge in [0.05, 0.1) is 21.9 Å². The van der Waals surface area contributed by atoms with Crippen LogP contribution in [0.4, 0.5) is 5.82 Å². The normalized spacial score (nSPS) is 20.7. The van der Waals surface area contributed by atoms with E-state index in [1.807, 2.05) is 19.1 Å². The summed E-state index contributed by atoms with van der Waals surface area (Å²) < 4.78 is 0. The van der Waals surface area contributed by atoms with Crippen LogP contribution >= 0.6 is 35.0 Å². The summed E-state index contributed by atoms with van der Waals surface area (Å²) in [6.45, 7) is 4.27. The van der Waals surface area contributed by atoms with Crippen LogP contribution in [0, 0.1) is 12.8 Å². The molecule has 1 aromatic carbocycles. The molecular weight excluding hydrogens is 349 g/mol. The molecule has 0 unspecified atom stereocenters. The second kappa shape index (κ2) is 7.29. The number of anilines is 1. The number of aryl methyl sites for hydroxylation is 1. The van der Waals surface area contributed by atoms with E-state index in [-0.39, 0.29) is 0 Å². The van der Waals surface area contributed by atoms with Gasteiger partial charge in [-0.1, -0.05) is 48.0 Å². The molecule has 6 heteroatoms. The van der Waals surface area contributed by atoms with E-state index >= 15 is 0 Å². The van der Waals surface area contributed by atoms with Gasteiger partial charge in [0.25, 0.3) is 0 Å². The molecule has 0 amide bonds. The molecule has 1 N–H and O–H groups in total. The van der Waals surface area contributed by atoms with Crippen LogP contribution in [0.2, 0.25) is 10.0 Å². The predicted octanol–water partition coefficient (Wildman–Crippen LogP) is 5.84. The Balaban J connectivity index is 1.73. The topological polar surface area (TPSA) is 37.8 Å². The first-order chi connectivity index (χ1) is 11.0. The van der Waals surface area contributed by atoms with Crippen molar-refractivity contribution in [3.05, 3.63) is 40.1 Å². The second-order valence-corrected chi connectivity index (χ2v) is 7.88. The Morgan fingerprint density at radius 3 is 2.78 bits per heavy atom. The lowest BCUT2D eigenvalue weighted by molar-refractivity contribution is 0.602. The minimum atomic E-state index is 0.513. The summed E-state index contributed by atoms with van der Waals surface area (Å²) in [5.41, 5.74) is 0.891. The van der Waals surface area contributed by atoms with Gasteiger partial charge < -0.3 is 5.32 Å². The van der Waals surface area contributed by atoms with Crippen molar-refractivity contribution in [1.82, 2.24) is 9.97 Å². The molecule has 0 radical (unpaired) electrons. The van der Waals surface area contributed by atoms with E-state index in [0.717, 1.165) is 27.4 Å². The lowest BCUT2D eigenvalue weighted by atomic mass is 10.1. The SMILES string of the molecule is Cc1nc(N[C@@H]2CC[C@@H](C)C2)cnc1Sc1cccc(Cl)c1Cl. The maximum Gasteiger partial charge on any atom is 0.145 e. The van der Waals surface area contributed by atoms with Crippen molar-refractivity contribution in [3.8, 4) is 0 Å². The predicted molar refractivity (Wildman–Crippen MR) is 97.8 cm³/mol. The van der Waals surface area contributed by atoms with Crippen molar-refractivity contribution in [3.63, 3.8) is 0 Å². The number of hydrogen-bond acceptors (Lipinski definition) is 4. The van der Waals surface area contributed by atoms with Crippen molar-refractivity contribution < 1.29 is 0 Å². The third kappa shape index (κ3) is 4.11. The van der Waals surface area contributed by atoms with E-state index in [0.29, 0.717) is 16.1 Å². The maximum absolute atomic E-state index is 6.24. The Morgan fingerprint density at radius 1 is 1.26 bits per heavy atom. The molecule has 1 heterocycles. The van der Waals surface area contributed by atoms with Crippen LogP contribution in [0.3, 0.4) is 0 Å². The number of hydrogen-bond donors (Lipinski definition) is 1. The molecule has 1 saturated carbocycles. The Morgan fingerprint density at radius 2 is 2.09 bits per heavy atom. The molecule has 0 spiro atoms. The van der Waals surface area contributed by atoms with Crippen molar-refractivity contribution >= 4 is 40.8 Å². The summed E-state index contributed by atoms with van der Waals surface area (Å²) in [5, 5.41) is 5.45. The van der Waals surface area contributed by atoms with Gasteiger partial charge >= 0.3 is 0 Å². The summed E-state index contributed by atoms with van der Waals surface area (Å²) in [7, 11) is 0. The molecule has 3 nitrogen and oxygen atoms in total.